The largest absolute Gasteiger partial charge is 0.481 e. The molecule has 1 heterocycles. The van der Waals surface area contributed by atoms with Crippen molar-refractivity contribution in [2.24, 2.45) is 5.92 Å². The van der Waals surface area contributed by atoms with Gasteiger partial charge in [-0.05, 0) is 56.7 Å². The fraction of sp³-hybridized carbons (Fsp3) is 0.643. The molecule has 5 atom stereocenters. The van der Waals surface area contributed by atoms with Crippen molar-refractivity contribution in [2.45, 2.75) is 127 Å². The van der Waals surface area contributed by atoms with Crippen LogP contribution < -0.4 is 10.1 Å². The van der Waals surface area contributed by atoms with E-state index in [2.05, 4.69) is 33.6 Å². The van der Waals surface area contributed by atoms with Crippen LogP contribution in [-0.4, -0.2) is 109 Å². The molecule has 0 radical (unpaired) electrons. The number of methoxy groups -OCH3 is 2. The summed E-state index contributed by atoms with van der Waals surface area (Å²) in [7, 11) is 2.18. The molecule has 1 fully saturated rings. The fourth-order valence-corrected chi connectivity index (χ4v) is 6.16. The zero-order chi connectivity index (χ0) is 42.1. The third-order valence-electron chi connectivity index (χ3n) is 9.71. The molecule has 0 spiro atoms. The molecule has 318 valence electrons. The maximum absolute atomic E-state index is 13.3. The smallest absolute Gasteiger partial charge is 0.344 e. The first-order chi connectivity index (χ1) is 27.3. The minimum atomic E-state index is -2.98. The molecular weight excluding hydrogens is 742 g/mol. The molecule has 0 bridgehead atoms. The monoisotopic (exact) mass is 803 g/mol. The number of nitrogens with one attached hydrogen (secondary N) is 1. The highest BCUT2D eigenvalue weighted by atomic mass is 16.6. The zero-order valence-corrected chi connectivity index (χ0v) is 33.8. The summed E-state index contributed by atoms with van der Waals surface area (Å²) in [5.74, 6) is -1.61. The highest BCUT2D eigenvalue weighted by molar-refractivity contribution is 5.86. The Balaban J connectivity index is 2.22. The summed E-state index contributed by atoms with van der Waals surface area (Å²) in [6.07, 6.45) is 11.8. The van der Waals surface area contributed by atoms with Gasteiger partial charge in [0.05, 0.1) is 38.8 Å². The van der Waals surface area contributed by atoms with E-state index < -0.39 is 73.3 Å². The predicted octanol–water partition coefficient (Wildman–Crippen LogP) is 4.19. The van der Waals surface area contributed by atoms with Gasteiger partial charge >= 0.3 is 29.8 Å². The molecule has 0 aliphatic carbocycles. The second-order valence-electron chi connectivity index (χ2n) is 14.1. The number of benzene rings is 1. The molecule has 1 aromatic rings. The van der Waals surface area contributed by atoms with E-state index >= 15 is 0 Å². The molecule has 0 saturated carbocycles. The normalized spacial score (nSPS) is 17.2. The minimum absolute atomic E-state index is 0.0209. The van der Waals surface area contributed by atoms with E-state index in [1.807, 2.05) is 0 Å². The summed E-state index contributed by atoms with van der Waals surface area (Å²) in [5, 5.41) is 36.0. The topological polar surface area (TPSA) is 217 Å². The molecule has 1 aromatic carbocycles. The second-order valence-corrected chi connectivity index (χ2v) is 14.1. The van der Waals surface area contributed by atoms with Crippen LogP contribution >= 0.6 is 0 Å². The van der Waals surface area contributed by atoms with Crippen LogP contribution in [0, 0.1) is 17.8 Å². The summed E-state index contributed by atoms with van der Waals surface area (Å²) < 4.78 is 30.3. The summed E-state index contributed by atoms with van der Waals surface area (Å²) in [6.45, 7) is 3.28. The maximum Gasteiger partial charge on any atom is 0.344 e. The van der Waals surface area contributed by atoms with Gasteiger partial charge in [-0.15, -0.1) is 5.92 Å². The number of carbonyl (C=O) groups is 5. The van der Waals surface area contributed by atoms with E-state index in [1.165, 1.54) is 38.2 Å². The average molecular weight is 804 g/mol. The van der Waals surface area contributed by atoms with Crippen molar-refractivity contribution in [1.82, 2.24) is 5.32 Å². The maximum atomic E-state index is 13.3. The van der Waals surface area contributed by atoms with E-state index in [0.29, 0.717) is 17.7 Å². The first-order valence-corrected chi connectivity index (χ1v) is 19.6. The predicted molar refractivity (Wildman–Crippen MR) is 208 cm³/mol. The number of esters is 4. The van der Waals surface area contributed by atoms with Gasteiger partial charge in [0.1, 0.15) is 24.6 Å². The highest BCUT2D eigenvalue weighted by Crippen LogP contribution is 2.38. The fourth-order valence-electron chi connectivity index (χ4n) is 6.16. The van der Waals surface area contributed by atoms with Crippen molar-refractivity contribution in [2.75, 3.05) is 40.6 Å². The number of aliphatic hydroxyl groups excluding tert-OH is 1. The molecule has 4 N–H and O–H groups in total. The number of rotatable bonds is 30. The SMILES string of the molecule is CC#CCOc1ccc(C[C@H](NC(O)[C@@H](/C=C/CCCCCCC2(CCCCCCC)CO2)[C@@](O)(CC(=O)OCC(=O)OC)C(=O)O)C(=O)OCC(=O)OC)cc1. The third-order valence-corrected chi connectivity index (χ3v) is 9.71. The molecule has 0 aromatic heterocycles. The lowest BCUT2D eigenvalue weighted by atomic mass is 9.82. The number of allylic oxidation sites excluding steroid dienone is 1. The van der Waals surface area contributed by atoms with Gasteiger partial charge in [-0.25, -0.2) is 14.4 Å². The molecule has 15 nitrogen and oxygen atoms in total. The molecule has 1 aliphatic heterocycles. The molecule has 57 heavy (non-hydrogen) atoms. The van der Waals surface area contributed by atoms with Gasteiger partial charge < -0.3 is 43.7 Å². The Labute approximate surface area is 335 Å². The van der Waals surface area contributed by atoms with Gasteiger partial charge in [-0.2, -0.15) is 0 Å². The van der Waals surface area contributed by atoms with Crippen LogP contribution in [0.3, 0.4) is 0 Å². The standard InChI is InChI=1S/C42H61NO14/c1-5-7-9-13-16-23-41(30-57-41)24-17-14-11-10-12-15-18-33(42(51,40(49)50)27-35(44)55-28-36(45)52-3)38(47)43-34(39(48)56-29-37(46)53-4)26-31-19-21-32(22-20-31)54-25-8-6-2/h15,18-22,33-34,38,43,47,51H,5,7,9-14,16-17,23-30H2,1-4H3,(H,49,50)/b18-15+/t33-,34+,38?,41?,42+/m1/s1. The number of carbonyl (C=O) groups excluding carboxylic acids is 4. The molecule has 1 aliphatic rings. The van der Waals surface area contributed by atoms with Gasteiger partial charge in [0, 0.05) is 0 Å². The van der Waals surface area contributed by atoms with Crippen molar-refractivity contribution in [1.29, 1.82) is 0 Å². The van der Waals surface area contributed by atoms with E-state index in [-0.39, 0.29) is 18.6 Å². The lowest BCUT2D eigenvalue weighted by molar-refractivity contribution is -0.178. The van der Waals surface area contributed by atoms with Crippen LogP contribution in [0.25, 0.3) is 0 Å². The molecule has 0 amide bonds. The average Bonchev–Trinajstić information content (AvgIpc) is 3.97. The molecule has 2 rings (SSSR count). The van der Waals surface area contributed by atoms with Gasteiger partial charge in [-0.1, -0.05) is 88.5 Å². The number of aliphatic hydroxyl groups is 2. The summed E-state index contributed by atoms with van der Waals surface area (Å²) in [5.41, 5.74) is -2.40. The number of hydrogen-bond acceptors (Lipinski definition) is 14. The highest BCUT2D eigenvalue weighted by Gasteiger charge is 2.49. The Morgan fingerprint density at radius 1 is 0.912 bits per heavy atom. The first kappa shape index (κ1) is 48.7. The Morgan fingerprint density at radius 2 is 1.51 bits per heavy atom. The number of carboxylic acid groups (broad SMARTS) is 1. The van der Waals surface area contributed by atoms with Crippen LogP contribution in [0.15, 0.2) is 36.4 Å². The van der Waals surface area contributed by atoms with Crippen molar-refractivity contribution >= 4 is 29.8 Å². The number of ether oxygens (including phenoxy) is 6. The van der Waals surface area contributed by atoms with Crippen molar-refractivity contribution in [3.63, 3.8) is 0 Å². The Bertz CT molecular complexity index is 1500. The number of epoxide rings is 1. The molecular formula is C42H61NO14. The summed E-state index contributed by atoms with van der Waals surface area (Å²) in [4.78, 5) is 61.9. The van der Waals surface area contributed by atoms with Gasteiger partial charge in [-0.3, -0.25) is 14.9 Å². The lowest BCUT2D eigenvalue weighted by Gasteiger charge is -2.34. The van der Waals surface area contributed by atoms with Crippen LogP contribution in [-0.2, 0) is 54.1 Å². The third kappa shape index (κ3) is 18.5. The van der Waals surface area contributed by atoms with Crippen LogP contribution in [0.1, 0.15) is 103 Å². The van der Waals surface area contributed by atoms with Crippen molar-refractivity contribution in [3.8, 4) is 17.6 Å². The van der Waals surface area contributed by atoms with E-state index in [4.69, 9.17) is 18.9 Å². The summed E-state index contributed by atoms with van der Waals surface area (Å²) >= 11 is 0. The Morgan fingerprint density at radius 3 is 2.07 bits per heavy atom. The van der Waals surface area contributed by atoms with E-state index in [0.717, 1.165) is 59.4 Å². The minimum Gasteiger partial charge on any atom is -0.481 e. The summed E-state index contributed by atoms with van der Waals surface area (Å²) in [6, 6.07) is 5.19. The van der Waals surface area contributed by atoms with Gasteiger partial charge in [0.25, 0.3) is 0 Å². The number of aliphatic carboxylic acids is 1. The van der Waals surface area contributed by atoms with Crippen LogP contribution in [0.2, 0.25) is 0 Å². The van der Waals surface area contributed by atoms with E-state index in [9.17, 15) is 39.3 Å². The first-order valence-electron chi connectivity index (χ1n) is 19.6. The number of unbranched alkanes of at least 4 members (excludes halogenated alkanes) is 8. The Kier molecular flexibility index (Phi) is 22.6. The molecule has 1 saturated heterocycles. The number of hydrogen-bond donors (Lipinski definition) is 4. The van der Waals surface area contributed by atoms with Gasteiger partial charge in [0.2, 0.25) is 0 Å². The molecule has 15 heteroatoms. The molecule has 2 unspecified atom stereocenters. The quantitative estimate of drug-likeness (QED) is 0.0163. The second kappa shape index (κ2) is 26.4. The lowest BCUT2D eigenvalue weighted by Crippen LogP contribution is -2.57. The van der Waals surface area contributed by atoms with Crippen molar-refractivity contribution < 1.29 is 67.7 Å². The number of carboxylic acids is 1. The van der Waals surface area contributed by atoms with Gasteiger partial charge in [0.15, 0.2) is 18.8 Å². The van der Waals surface area contributed by atoms with Crippen molar-refractivity contribution in [3.05, 3.63) is 42.0 Å². The van der Waals surface area contributed by atoms with Crippen LogP contribution in [0.5, 0.6) is 5.75 Å². The Hall–Kier alpha value is -4.49. The van der Waals surface area contributed by atoms with E-state index in [1.54, 1.807) is 37.3 Å². The van der Waals surface area contributed by atoms with Crippen LogP contribution in [0.4, 0.5) is 0 Å². The zero-order valence-electron chi connectivity index (χ0n) is 33.8.